The van der Waals surface area contributed by atoms with Crippen molar-refractivity contribution in [2.75, 3.05) is 0 Å². The third-order valence-electron chi connectivity index (χ3n) is 0.270. The van der Waals surface area contributed by atoms with Crippen molar-refractivity contribution in [2.45, 2.75) is 0 Å². The van der Waals surface area contributed by atoms with Crippen LogP contribution in [-0.4, -0.2) is 25.2 Å². The molecular formula is C2H5NO4S. The van der Waals surface area contributed by atoms with E-state index in [1.165, 1.54) is 0 Å². The number of carbonyl (C=O) groups is 1. The highest BCUT2D eigenvalue weighted by Crippen LogP contribution is 1.64. The van der Waals surface area contributed by atoms with E-state index >= 15 is 0 Å². The van der Waals surface area contributed by atoms with Gasteiger partial charge in [-0.3, -0.25) is 0 Å². The summed E-state index contributed by atoms with van der Waals surface area (Å²) >= 11 is 0. The maximum absolute atomic E-state index is 9.89. The van der Waals surface area contributed by atoms with Crippen LogP contribution >= 0.6 is 0 Å². The number of rotatable bonds is 1. The maximum Gasteiger partial charge on any atom is 0.340 e. The lowest BCUT2D eigenvalue weighted by Crippen LogP contribution is -2.17. The minimum Gasteiger partial charge on any atom is -0.478 e. The standard InChI is InChI=1S/C2H5NO4S/c3-8(6,7)1-2(4)5/h1H,(H,4,5)(H3,3,6,7). The lowest BCUT2D eigenvalue weighted by Gasteiger charge is -1.86. The molecule has 0 aromatic carbocycles. The van der Waals surface area contributed by atoms with E-state index in [9.17, 15) is 9.00 Å². The fraction of sp³-hybridized carbons (Fsp3) is 0. The number of hydrogen-bond donors (Lipinski definition) is 3. The van der Waals surface area contributed by atoms with E-state index in [0.717, 1.165) is 0 Å². The van der Waals surface area contributed by atoms with Crippen molar-refractivity contribution in [3.8, 4) is 0 Å². The molecule has 0 aliphatic rings. The summed E-state index contributed by atoms with van der Waals surface area (Å²) in [4.78, 5) is 9.54. The number of nitrogens with two attached hydrogens (primary N) is 1. The van der Waals surface area contributed by atoms with E-state index in [-0.39, 0.29) is 5.37 Å². The van der Waals surface area contributed by atoms with Gasteiger partial charge in [-0.2, -0.15) is 0 Å². The Kier molecular flexibility index (Phi) is 1.96. The molecule has 0 radical (unpaired) electrons. The van der Waals surface area contributed by atoms with Crippen LogP contribution in [0, 0.1) is 0 Å². The molecule has 5 nitrogen and oxygen atoms in total. The van der Waals surface area contributed by atoms with Crippen molar-refractivity contribution in [3.05, 3.63) is 0 Å². The van der Waals surface area contributed by atoms with Gasteiger partial charge in [-0.05, 0) is 0 Å². The first kappa shape index (κ1) is 7.41. The molecule has 0 amide bonds. The summed E-state index contributed by atoms with van der Waals surface area (Å²) in [6.07, 6.45) is 0. The molecule has 6 heteroatoms. The second-order valence-electron chi connectivity index (χ2n) is 1.07. The summed E-state index contributed by atoms with van der Waals surface area (Å²) in [7, 11) is -3.70. The molecule has 0 heterocycles. The highest BCUT2D eigenvalue weighted by Gasteiger charge is 1.94. The van der Waals surface area contributed by atoms with Gasteiger partial charge < -0.3 is 9.66 Å². The second-order valence-corrected chi connectivity index (χ2v) is 2.53. The van der Waals surface area contributed by atoms with Crippen LogP contribution in [-0.2, 0) is 14.8 Å². The van der Waals surface area contributed by atoms with E-state index in [4.69, 9.17) is 9.66 Å². The predicted molar refractivity (Wildman–Crippen MR) is 28.7 cm³/mol. The lowest BCUT2D eigenvalue weighted by molar-refractivity contribution is -0.128. The number of hydrogen-bond acceptors (Lipinski definition) is 2. The van der Waals surface area contributed by atoms with Crippen molar-refractivity contribution in [1.82, 2.24) is 0 Å². The summed E-state index contributed by atoms with van der Waals surface area (Å²) in [5, 5.41) is 12.3. The van der Waals surface area contributed by atoms with Gasteiger partial charge in [-0.15, -0.1) is 0 Å². The normalized spacial score (nSPS) is 16.8. The van der Waals surface area contributed by atoms with Gasteiger partial charge in [0.05, 0.1) is 0 Å². The molecule has 8 heavy (non-hydrogen) atoms. The van der Waals surface area contributed by atoms with Crippen LogP contribution in [0.15, 0.2) is 0 Å². The van der Waals surface area contributed by atoms with Crippen molar-refractivity contribution in [1.29, 1.82) is 0 Å². The summed E-state index contributed by atoms with van der Waals surface area (Å²) in [5.41, 5.74) is 0. The summed E-state index contributed by atoms with van der Waals surface area (Å²) < 4.78 is 18.0. The molecule has 0 bridgehead atoms. The average Bonchev–Trinajstić information content (AvgIpc) is 1.21. The smallest absolute Gasteiger partial charge is 0.340 e. The van der Waals surface area contributed by atoms with Crippen molar-refractivity contribution in [3.63, 3.8) is 0 Å². The molecule has 0 saturated heterocycles. The molecule has 0 fully saturated rings. The van der Waals surface area contributed by atoms with E-state index in [1.54, 1.807) is 0 Å². The quantitative estimate of drug-likeness (QED) is 0.385. The first-order valence-electron chi connectivity index (χ1n) is 1.54. The average molecular weight is 139 g/mol. The van der Waals surface area contributed by atoms with E-state index in [0.29, 0.717) is 0 Å². The van der Waals surface area contributed by atoms with Crippen LogP contribution in [0.5, 0.6) is 0 Å². The third kappa shape index (κ3) is 5.41. The van der Waals surface area contributed by atoms with Gasteiger partial charge in [0, 0.05) is 0 Å². The number of carboxylic acid groups (broad SMARTS) is 1. The Labute approximate surface area is 46.1 Å². The second kappa shape index (κ2) is 2.12. The van der Waals surface area contributed by atoms with Crippen molar-refractivity contribution < 1.29 is 18.7 Å². The predicted octanol–water partition coefficient (Wildman–Crippen LogP) is -1.50. The van der Waals surface area contributed by atoms with Gasteiger partial charge in [-0.25, -0.2) is 14.1 Å². The highest BCUT2D eigenvalue weighted by atomic mass is 32.2. The first-order valence-corrected chi connectivity index (χ1v) is 3.18. The Bertz CT molecular complexity index is 192. The summed E-state index contributed by atoms with van der Waals surface area (Å²) in [6, 6.07) is 0. The van der Waals surface area contributed by atoms with Crippen LogP contribution in [0.1, 0.15) is 0 Å². The monoisotopic (exact) mass is 139 g/mol. The van der Waals surface area contributed by atoms with Crippen LogP contribution in [0.25, 0.3) is 0 Å². The van der Waals surface area contributed by atoms with Crippen LogP contribution < -0.4 is 5.14 Å². The SMILES string of the molecule is NS(=O)(O)=CC(=O)O. The topological polar surface area (TPSA) is 101 Å². The molecule has 1 atom stereocenters. The van der Waals surface area contributed by atoms with E-state index in [1.807, 2.05) is 0 Å². The molecule has 0 aromatic rings. The highest BCUT2D eigenvalue weighted by molar-refractivity contribution is 7.95. The van der Waals surface area contributed by atoms with Gasteiger partial charge in [0.2, 0.25) is 0 Å². The Balaban J connectivity index is 4.44. The molecule has 0 aliphatic carbocycles. The molecule has 4 N–H and O–H groups in total. The van der Waals surface area contributed by atoms with Gasteiger partial charge in [0.15, 0.2) is 0 Å². The summed E-state index contributed by atoms with van der Waals surface area (Å²) in [6.45, 7) is 0. The van der Waals surface area contributed by atoms with Gasteiger partial charge in [-0.1, -0.05) is 0 Å². The molecule has 0 spiro atoms. The fourth-order valence-corrected chi connectivity index (χ4v) is 0.433. The van der Waals surface area contributed by atoms with E-state index < -0.39 is 16.0 Å². The molecule has 0 rings (SSSR count). The Morgan fingerprint density at radius 1 is 1.75 bits per heavy atom. The molecular weight excluding hydrogens is 134 g/mol. The van der Waals surface area contributed by atoms with Crippen molar-refractivity contribution >= 4 is 21.3 Å². The molecule has 1 unspecified atom stereocenters. The maximum atomic E-state index is 9.89. The fourth-order valence-electron chi connectivity index (χ4n) is 0.144. The van der Waals surface area contributed by atoms with Crippen LogP contribution in [0.4, 0.5) is 0 Å². The number of aliphatic carboxylic acids is 1. The molecule has 0 aromatic heterocycles. The minimum atomic E-state index is -3.70. The van der Waals surface area contributed by atoms with Crippen LogP contribution in [0.3, 0.4) is 0 Å². The first-order chi connectivity index (χ1) is 3.42. The lowest BCUT2D eigenvalue weighted by atomic mass is 10.8. The zero-order valence-corrected chi connectivity index (χ0v) is 4.59. The van der Waals surface area contributed by atoms with Gasteiger partial charge in [0.25, 0.3) is 0 Å². The third-order valence-corrected chi connectivity index (χ3v) is 0.809. The molecule has 0 saturated carbocycles. The zero-order valence-electron chi connectivity index (χ0n) is 3.77. The Morgan fingerprint density at radius 2 is 2.12 bits per heavy atom. The summed E-state index contributed by atoms with van der Waals surface area (Å²) in [5.74, 6) is -1.50. The number of carboxylic acids is 1. The van der Waals surface area contributed by atoms with Gasteiger partial charge in [0.1, 0.15) is 15.4 Å². The molecule has 48 valence electrons. The zero-order chi connectivity index (χ0) is 6.78. The van der Waals surface area contributed by atoms with Crippen LogP contribution in [0.2, 0.25) is 0 Å². The Morgan fingerprint density at radius 3 is 2.12 bits per heavy atom. The molecule has 0 aliphatic heterocycles. The van der Waals surface area contributed by atoms with Gasteiger partial charge >= 0.3 is 5.97 Å². The van der Waals surface area contributed by atoms with Crippen molar-refractivity contribution in [2.24, 2.45) is 5.14 Å². The Hall–Kier alpha value is -0.590. The van der Waals surface area contributed by atoms with E-state index in [2.05, 4.69) is 5.14 Å². The minimum absolute atomic E-state index is 0.132. The largest absolute Gasteiger partial charge is 0.478 e.